The quantitative estimate of drug-likeness (QED) is 0.627. The van der Waals surface area contributed by atoms with Gasteiger partial charge in [0.2, 0.25) is 5.91 Å². The molecule has 0 radical (unpaired) electrons. The number of nitrogens with zero attached hydrogens (tertiary/aromatic N) is 1. The normalized spacial score (nSPS) is 11.9. The van der Waals surface area contributed by atoms with Gasteiger partial charge in [-0.1, -0.05) is 30.3 Å². The van der Waals surface area contributed by atoms with E-state index in [1.54, 1.807) is 12.1 Å². The van der Waals surface area contributed by atoms with Gasteiger partial charge in [-0.15, -0.1) is 0 Å². The van der Waals surface area contributed by atoms with E-state index in [2.05, 4.69) is 28.2 Å². The number of carboxylic acid groups (broad SMARTS) is 1. The van der Waals surface area contributed by atoms with Crippen LogP contribution in [-0.4, -0.2) is 28.2 Å². The highest BCUT2D eigenvalue weighted by Crippen LogP contribution is 2.22. The topological polar surface area (TPSA) is 80.6 Å². The molecule has 0 aliphatic heterocycles. The van der Waals surface area contributed by atoms with Crippen molar-refractivity contribution >= 4 is 22.8 Å². The summed E-state index contributed by atoms with van der Waals surface area (Å²) in [6.45, 7) is 1.54. The molecule has 0 spiro atoms. The average Bonchev–Trinajstić information content (AvgIpc) is 3.01. The number of ether oxygens (including phenoxy) is 1. The van der Waals surface area contributed by atoms with Crippen molar-refractivity contribution < 1.29 is 19.4 Å². The number of amides is 1. The van der Waals surface area contributed by atoms with E-state index in [1.807, 2.05) is 38.2 Å². The van der Waals surface area contributed by atoms with Crippen molar-refractivity contribution in [2.24, 2.45) is 7.05 Å². The van der Waals surface area contributed by atoms with Gasteiger partial charge < -0.3 is 19.7 Å². The summed E-state index contributed by atoms with van der Waals surface area (Å²) in [5, 5.41) is 12.8. The lowest BCUT2D eigenvalue weighted by Gasteiger charge is -2.15. The summed E-state index contributed by atoms with van der Waals surface area (Å²) >= 11 is 0. The number of aryl methyl sites for hydroxylation is 2. The van der Waals surface area contributed by atoms with Crippen LogP contribution < -0.4 is 10.1 Å². The lowest BCUT2D eigenvalue weighted by molar-refractivity contribution is -0.139. The van der Waals surface area contributed by atoms with Crippen LogP contribution in [0.25, 0.3) is 10.9 Å². The molecule has 1 heterocycles. The molecule has 1 amide bonds. The van der Waals surface area contributed by atoms with Gasteiger partial charge in [-0.05, 0) is 42.7 Å². The Labute approximate surface area is 163 Å². The van der Waals surface area contributed by atoms with Gasteiger partial charge in [-0.3, -0.25) is 4.79 Å². The van der Waals surface area contributed by atoms with E-state index >= 15 is 0 Å². The van der Waals surface area contributed by atoms with Crippen LogP contribution in [0.15, 0.2) is 54.7 Å². The fourth-order valence-corrected chi connectivity index (χ4v) is 3.27. The van der Waals surface area contributed by atoms with Crippen LogP contribution in [0.2, 0.25) is 0 Å². The average molecular weight is 380 g/mol. The van der Waals surface area contributed by atoms with Crippen molar-refractivity contribution in [3.8, 4) is 5.75 Å². The summed E-state index contributed by atoms with van der Waals surface area (Å²) < 4.78 is 7.20. The lowest BCUT2D eigenvalue weighted by Crippen LogP contribution is -2.26. The van der Waals surface area contributed by atoms with Crippen LogP contribution >= 0.6 is 0 Å². The molecule has 1 aromatic heterocycles. The summed E-state index contributed by atoms with van der Waals surface area (Å²) in [5.74, 6) is -0.539. The second-order valence-electron chi connectivity index (χ2n) is 6.82. The van der Waals surface area contributed by atoms with Crippen LogP contribution in [0.4, 0.5) is 0 Å². The number of rotatable bonds is 8. The zero-order valence-corrected chi connectivity index (χ0v) is 16.0. The maximum Gasteiger partial charge on any atom is 0.341 e. The minimum Gasteiger partial charge on any atom is -0.482 e. The highest BCUT2D eigenvalue weighted by molar-refractivity contribution is 5.85. The zero-order valence-electron chi connectivity index (χ0n) is 16.0. The first kappa shape index (κ1) is 19.5. The molecule has 0 bridgehead atoms. The number of fused-ring (bicyclic) bond motifs is 1. The largest absolute Gasteiger partial charge is 0.482 e. The Morgan fingerprint density at radius 3 is 2.57 bits per heavy atom. The Morgan fingerprint density at radius 2 is 1.86 bits per heavy atom. The van der Waals surface area contributed by atoms with E-state index in [-0.39, 0.29) is 18.6 Å². The number of nitrogens with one attached hydrogen (secondary N) is 1. The molecule has 0 saturated carbocycles. The fraction of sp³-hybridized carbons (Fsp3) is 0.273. The highest BCUT2D eigenvalue weighted by Gasteiger charge is 2.12. The number of hydrogen-bond acceptors (Lipinski definition) is 3. The van der Waals surface area contributed by atoms with Crippen LogP contribution in [0.3, 0.4) is 0 Å². The van der Waals surface area contributed by atoms with Crippen molar-refractivity contribution in [1.29, 1.82) is 0 Å². The molecule has 28 heavy (non-hydrogen) atoms. The summed E-state index contributed by atoms with van der Waals surface area (Å²) in [7, 11) is 2.01. The van der Waals surface area contributed by atoms with E-state index in [4.69, 9.17) is 9.84 Å². The summed E-state index contributed by atoms with van der Waals surface area (Å²) in [6.07, 6.45) is 3.18. The number of aromatic nitrogens is 1. The van der Waals surface area contributed by atoms with Gasteiger partial charge in [-0.2, -0.15) is 0 Å². The van der Waals surface area contributed by atoms with Crippen LogP contribution in [0, 0.1) is 0 Å². The molecule has 3 rings (SSSR count). The monoisotopic (exact) mass is 380 g/mol. The van der Waals surface area contributed by atoms with Crippen molar-refractivity contribution in [3.63, 3.8) is 0 Å². The molecule has 6 heteroatoms. The Kier molecular flexibility index (Phi) is 5.99. The summed E-state index contributed by atoms with van der Waals surface area (Å²) in [6, 6.07) is 15.1. The molecule has 1 unspecified atom stereocenters. The van der Waals surface area contributed by atoms with Gasteiger partial charge in [-0.25, -0.2) is 4.79 Å². The minimum absolute atomic E-state index is 0.00774. The molecule has 1 atom stereocenters. The van der Waals surface area contributed by atoms with E-state index in [0.717, 1.165) is 11.1 Å². The van der Waals surface area contributed by atoms with Gasteiger partial charge in [0.25, 0.3) is 0 Å². The van der Waals surface area contributed by atoms with E-state index in [1.165, 1.54) is 10.9 Å². The predicted molar refractivity (Wildman–Crippen MR) is 107 cm³/mol. The Bertz CT molecular complexity index is 976. The first-order chi connectivity index (χ1) is 13.4. The van der Waals surface area contributed by atoms with Crippen molar-refractivity contribution in [3.05, 3.63) is 65.9 Å². The molecule has 0 saturated heterocycles. The maximum atomic E-state index is 12.4. The molecule has 2 aromatic carbocycles. The van der Waals surface area contributed by atoms with Gasteiger partial charge in [0.05, 0.1) is 6.04 Å². The Balaban J connectivity index is 1.54. The molecular formula is C22H24N2O4. The first-order valence-electron chi connectivity index (χ1n) is 9.21. The molecule has 146 valence electrons. The molecule has 0 fully saturated rings. The second kappa shape index (κ2) is 8.61. The SMILES string of the molecule is CC(NC(=O)CCc1cn(C)c2ccccc12)c1ccc(OCC(=O)O)cc1. The number of aliphatic carboxylic acids is 1. The molecular weight excluding hydrogens is 356 g/mol. The molecule has 0 aliphatic rings. The smallest absolute Gasteiger partial charge is 0.341 e. The number of carbonyl (C=O) groups is 2. The van der Waals surface area contributed by atoms with Crippen LogP contribution in [0.5, 0.6) is 5.75 Å². The van der Waals surface area contributed by atoms with Gasteiger partial charge in [0.1, 0.15) is 5.75 Å². The third kappa shape index (κ3) is 4.71. The first-order valence-corrected chi connectivity index (χ1v) is 9.21. The van der Waals surface area contributed by atoms with Crippen LogP contribution in [-0.2, 0) is 23.1 Å². The van der Waals surface area contributed by atoms with E-state index in [9.17, 15) is 9.59 Å². The minimum atomic E-state index is -1.02. The van der Waals surface area contributed by atoms with Crippen molar-refractivity contribution in [1.82, 2.24) is 9.88 Å². The Hall–Kier alpha value is -3.28. The second-order valence-corrected chi connectivity index (χ2v) is 6.82. The fourth-order valence-electron chi connectivity index (χ4n) is 3.27. The number of hydrogen-bond donors (Lipinski definition) is 2. The number of para-hydroxylation sites is 1. The molecule has 3 aromatic rings. The van der Waals surface area contributed by atoms with E-state index < -0.39 is 5.97 Å². The van der Waals surface area contributed by atoms with Crippen molar-refractivity contribution in [2.45, 2.75) is 25.8 Å². The number of carboxylic acids is 1. The summed E-state index contributed by atoms with van der Waals surface area (Å²) in [5.41, 5.74) is 3.26. The van der Waals surface area contributed by atoms with Gasteiger partial charge >= 0.3 is 5.97 Å². The molecule has 0 aliphatic carbocycles. The Morgan fingerprint density at radius 1 is 1.14 bits per heavy atom. The van der Waals surface area contributed by atoms with Gasteiger partial charge in [0.15, 0.2) is 6.61 Å². The third-order valence-corrected chi connectivity index (χ3v) is 4.72. The lowest BCUT2D eigenvalue weighted by atomic mass is 10.1. The van der Waals surface area contributed by atoms with Gasteiger partial charge in [0, 0.05) is 30.6 Å². The maximum absolute atomic E-state index is 12.4. The highest BCUT2D eigenvalue weighted by atomic mass is 16.5. The van der Waals surface area contributed by atoms with Crippen LogP contribution in [0.1, 0.15) is 30.5 Å². The third-order valence-electron chi connectivity index (χ3n) is 4.72. The molecule has 6 nitrogen and oxygen atoms in total. The zero-order chi connectivity index (χ0) is 20.1. The van der Waals surface area contributed by atoms with E-state index in [0.29, 0.717) is 18.6 Å². The number of benzene rings is 2. The summed E-state index contributed by atoms with van der Waals surface area (Å²) in [4.78, 5) is 22.9. The van der Waals surface area contributed by atoms with Crippen molar-refractivity contribution in [2.75, 3.05) is 6.61 Å². The standard InChI is InChI=1S/C22H24N2O4/c1-15(16-7-10-18(11-8-16)28-14-22(26)27)23-21(25)12-9-17-13-24(2)20-6-4-3-5-19(17)20/h3-8,10-11,13,15H,9,12,14H2,1-2H3,(H,23,25)(H,26,27). The predicted octanol–water partition coefficient (Wildman–Crippen LogP) is 3.45. The number of carbonyl (C=O) groups excluding carboxylic acids is 1. The molecule has 2 N–H and O–H groups in total.